The van der Waals surface area contributed by atoms with Gasteiger partial charge in [-0.25, -0.2) is 0 Å². The molecule has 19 heavy (non-hydrogen) atoms. The number of nitrogens with zero attached hydrogens (tertiary/aromatic N) is 2. The molecule has 1 unspecified atom stereocenters. The molecule has 106 valence electrons. The van der Waals surface area contributed by atoms with Crippen LogP contribution in [0.2, 0.25) is 0 Å². The second-order valence-corrected chi connectivity index (χ2v) is 7.13. The van der Waals surface area contributed by atoms with Gasteiger partial charge >= 0.3 is 0 Å². The van der Waals surface area contributed by atoms with Gasteiger partial charge in [0.1, 0.15) is 0 Å². The highest BCUT2D eigenvalue weighted by atomic mass is 16.5. The Morgan fingerprint density at radius 3 is 2.68 bits per heavy atom. The zero-order valence-electron chi connectivity index (χ0n) is 12.4. The van der Waals surface area contributed by atoms with E-state index in [2.05, 4.69) is 50.0 Å². The Balaban J connectivity index is 1.71. The molecule has 3 rings (SSSR count). The lowest BCUT2D eigenvalue weighted by molar-refractivity contribution is -0.0737. The van der Waals surface area contributed by atoms with Gasteiger partial charge in [0, 0.05) is 25.2 Å². The monoisotopic (exact) mass is 263 g/mol. The van der Waals surface area contributed by atoms with Crippen LogP contribution in [-0.4, -0.2) is 27.0 Å². The molecule has 0 aromatic carbocycles. The zero-order valence-corrected chi connectivity index (χ0v) is 12.4. The molecule has 4 heteroatoms. The van der Waals surface area contributed by atoms with Crippen LogP contribution in [0.25, 0.3) is 0 Å². The molecule has 1 atom stereocenters. The van der Waals surface area contributed by atoms with Gasteiger partial charge in [-0.05, 0) is 46.6 Å². The fraction of sp³-hybridized carbons (Fsp3) is 0.800. The third-order valence-corrected chi connectivity index (χ3v) is 4.16. The van der Waals surface area contributed by atoms with Crippen LogP contribution >= 0.6 is 0 Å². The van der Waals surface area contributed by atoms with E-state index in [9.17, 15) is 0 Å². The number of rotatable bonds is 4. The second kappa shape index (κ2) is 4.32. The molecule has 2 heterocycles. The van der Waals surface area contributed by atoms with E-state index < -0.39 is 0 Å². The minimum Gasteiger partial charge on any atom is -0.367 e. The largest absolute Gasteiger partial charge is 0.367 e. The average Bonchev–Trinajstić information content (AvgIpc) is 2.94. The Morgan fingerprint density at radius 1 is 1.37 bits per heavy atom. The first kappa shape index (κ1) is 13.1. The van der Waals surface area contributed by atoms with Crippen LogP contribution in [0.4, 0.5) is 0 Å². The van der Waals surface area contributed by atoms with Crippen molar-refractivity contribution in [1.82, 2.24) is 15.1 Å². The molecule has 1 aromatic heterocycles. The fourth-order valence-corrected chi connectivity index (χ4v) is 3.13. The van der Waals surface area contributed by atoms with Gasteiger partial charge in [0.25, 0.3) is 0 Å². The van der Waals surface area contributed by atoms with E-state index in [1.165, 1.54) is 12.8 Å². The molecule has 1 saturated heterocycles. The van der Waals surface area contributed by atoms with Crippen LogP contribution in [-0.2, 0) is 11.3 Å². The molecule has 1 saturated carbocycles. The van der Waals surface area contributed by atoms with E-state index in [4.69, 9.17) is 9.84 Å². The van der Waals surface area contributed by atoms with Crippen LogP contribution in [0.15, 0.2) is 12.3 Å². The lowest BCUT2D eigenvalue weighted by Crippen LogP contribution is -2.31. The molecule has 0 bridgehead atoms. The molecule has 4 nitrogen and oxygen atoms in total. The minimum absolute atomic E-state index is 0.0630. The van der Waals surface area contributed by atoms with E-state index in [1.54, 1.807) is 0 Å². The molecule has 1 aromatic rings. The van der Waals surface area contributed by atoms with Gasteiger partial charge in [0.05, 0.1) is 22.9 Å². The van der Waals surface area contributed by atoms with Gasteiger partial charge in [-0.15, -0.1) is 0 Å². The van der Waals surface area contributed by atoms with Crippen LogP contribution < -0.4 is 5.32 Å². The van der Waals surface area contributed by atoms with Gasteiger partial charge < -0.3 is 10.1 Å². The van der Waals surface area contributed by atoms with E-state index in [0.717, 1.165) is 24.7 Å². The van der Waals surface area contributed by atoms with Crippen molar-refractivity contribution in [3.05, 3.63) is 18.0 Å². The molecule has 1 aliphatic carbocycles. The third kappa shape index (κ3) is 2.84. The van der Waals surface area contributed by atoms with Crippen LogP contribution in [0.5, 0.6) is 0 Å². The maximum absolute atomic E-state index is 6.14. The molecule has 2 aliphatic rings. The highest BCUT2D eigenvalue weighted by Gasteiger charge is 2.47. The summed E-state index contributed by atoms with van der Waals surface area (Å²) in [5.41, 5.74) is 0.913. The van der Waals surface area contributed by atoms with Gasteiger partial charge in [0.2, 0.25) is 0 Å². The standard InChI is InChI=1S/C15H25N3O/c1-14(2)9-13(15(3,4)19-14)18-8-7-12(17-18)10-16-11-5-6-11/h7-8,11,13,16H,5-6,9-10H2,1-4H3. The minimum atomic E-state index is -0.156. The van der Waals surface area contributed by atoms with E-state index in [-0.39, 0.29) is 11.2 Å². The smallest absolute Gasteiger partial charge is 0.0857 e. The Hall–Kier alpha value is -0.870. The van der Waals surface area contributed by atoms with Crippen LogP contribution in [0.1, 0.15) is 58.7 Å². The molecule has 0 amide bonds. The number of ether oxygens (including phenoxy) is 1. The predicted octanol–water partition coefficient (Wildman–Crippen LogP) is 2.65. The van der Waals surface area contributed by atoms with Crippen molar-refractivity contribution in [2.24, 2.45) is 0 Å². The summed E-state index contributed by atoms with van der Waals surface area (Å²) in [5, 5.41) is 8.23. The number of hydrogen-bond donors (Lipinski definition) is 1. The SMILES string of the molecule is CC1(C)CC(n2ccc(CNC3CC3)n2)C(C)(C)O1. The summed E-state index contributed by atoms with van der Waals surface area (Å²) in [6, 6.07) is 3.17. The van der Waals surface area contributed by atoms with E-state index >= 15 is 0 Å². The maximum atomic E-state index is 6.14. The highest BCUT2D eigenvalue weighted by Crippen LogP contribution is 2.44. The summed E-state index contributed by atoms with van der Waals surface area (Å²) in [6.45, 7) is 9.53. The van der Waals surface area contributed by atoms with E-state index in [0.29, 0.717) is 6.04 Å². The fourth-order valence-electron chi connectivity index (χ4n) is 3.13. The first-order valence-electron chi connectivity index (χ1n) is 7.33. The van der Waals surface area contributed by atoms with Crippen molar-refractivity contribution >= 4 is 0 Å². The Kier molecular flexibility index (Phi) is 2.98. The van der Waals surface area contributed by atoms with Crippen LogP contribution in [0, 0.1) is 0 Å². The quantitative estimate of drug-likeness (QED) is 0.907. The van der Waals surface area contributed by atoms with Crippen molar-refractivity contribution in [1.29, 1.82) is 0 Å². The summed E-state index contributed by atoms with van der Waals surface area (Å²) >= 11 is 0. The third-order valence-electron chi connectivity index (χ3n) is 4.16. The molecule has 0 spiro atoms. The van der Waals surface area contributed by atoms with E-state index in [1.807, 2.05) is 0 Å². The Morgan fingerprint density at radius 2 is 2.11 bits per heavy atom. The molecule has 0 radical (unpaired) electrons. The summed E-state index contributed by atoms with van der Waals surface area (Å²) in [5.74, 6) is 0. The number of aromatic nitrogens is 2. The molecular formula is C15H25N3O. The van der Waals surface area contributed by atoms with Crippen LogP contribution in [0.3, 0.4) is 0 Å². The number of nitrogens with one attached hydrogen (secondary N) is 1. The Labute approximate surface area is 115 Å². The van der Waals surface area contributed by atoms with Gasteiger partial charge in [0.15, 0.2) is 0 Å². The normalized spacial score (nSPS) is 28.7. The van der Waals surface area contributed by atoms with Crippen molar-refractivity contribution in [2.45, 2.75) is 76.8 Å². The summed E-state index contributed by atoms with van der Waals surface area (Å²) in [4.78, 5) is 0. The molecule has 2 fully saturated rings. The van der Waals surface area contributed by atoms with Crippen molar-refractivity contribution in [3.63, 3.8) is 0 Å². The molecular weight excluding hydrogens is 238 g/mol. The summed E-state index contributed by atoms with van der Waals surface area (Å²) < 4.78 is 8.24. The van der Waals surface area contributed by atoms with Gasteiger partial charge in [-0.2, -0.15) is 5.10 Å². The van der Waals surface area contributed by atoms with Gasteiger partial charge in [-0.1, -0.05) is 0 Å². The second-order valence-electron chi connectivity index (χ2n) is 7.13. The first-order chi connectivity index (χ1) is 8.86. The zero-order chi connectivity index (χ0) is 13.7. The Bertz CT molecular complexity index is 460. The van der Waals surface area contributed by atoms with Crippen molar-refractivity contribution in [2.75, 3.05) is 0 Å². The highest BCUT2D eigenvalue weighted by molar-refractivity contribution is 5.05. The predicted molar refractivity (Wildman–Crippen MR) is 75.0 cm³/mol. The first-order valence-corrected chi connectivity index (χ1v) is 7.33. The average molecular weight is 263 g/mol. The molecule has 1 N–H and O–H groups in total. The summed E-state index contributed by atoms with van der Waals surface area (Å²) in [7, 11) is 0. The molecule has 1 aliphatic heterocycles. The topological polar surface area (TPSA) is 39.1 Å². The van der Waals surface area contributed by atoms with Gasteiger partial charge in [-0.3, -0.25) is 4.68 Å². The van der Waals surface area contributed by atoms with Crippen molar-refractivity contribution in [3.8, 4) is 0 Å². The maximum Gasteiger partial charge on any atom is 0.0857 e. The lowest BCUT2D eigenvalue weighted by Gasteiger charge is -2.27. The number of hydrogen-bond acceptors (Lipinski definition) is 3. The van der Waals surface area contributed by atoms with Crippen molar-refractivity contribution < 1.29 is 4.74 Å². The summed E-state index contributed by atoms with van der Waals surface area (Å²) in [6.07, 6.45) is 5.75. The lowest BCUT2D eigenvalue weighted by atomic mass is 9.95.